The number of alkyl halides is 9. The van der Waals surface area contributed by atoms with Crippen LogP contribution in [0.1, 0.15) is 46.2 Å². The zero-order valence-electron chi connectivity index (χ0n) is 16.7. The molecule has 1 aromatic heterocycles. The van der Waals surface area contributed by atoms with Crippen LogP contribution in [0.2, 0.25) is 0 Å². The molecule has 1 atom stereocenters. The molecule has 0 aliphatic rings. The second kappa shape index (κ2) is 9.24. The van der Waals surface area contributed by atoms with Gasteiger partial charge in [0.05, 0.1) is 12.2 Å². The Labute approximate surface area is 185 Å². The summed E-state index contributed by atoms with van der Waals surface area (Å²) in [6.45, 7) is -1.40. The summed E-state index contributed by atoms with van der Waals surface area (Å²) in [5.41, 5.74) is -8.55. The van der Waals surface area contributed by atoms with Gasteiger partial charge < -0.3 is 5.11 Å². The number of halogens is 10. The van der Waals surface area contributed by atoms with Crippen LogP contribution < -0.4 is 0 Å². The minimum absolute atomic E-state index is 0.343. The van der Waals surface area contributed by atoms with E-state index in [0.717, 1.165) is 24.3 Å². The monoisotopic (exact) mass is 497 g/mol. The smallest absolute Gasteiger partial charge is 0.392 e. The highest BCUT2D eigenvalue weighted by Gasteiger charge is 2.41. The summed E-state index contributed by atoms with van der Waals surface area (Å²) in [6, 6.07) is 5.59. The number of aliphatic hydroxyl groups is 1. The van der Waals surface area contributed by atoms with Gasteiger partial charge in [-0.05, 0) is 41.0 Å². The highest BCUT2D eigenvalue weighted by molar-refractivity contribution is 5.74. The quantitative estimate of drug-likeness (QED) is 0.373. The average Bonchev–Trinajstić information content (AvgIpc) is 2.76. The van der Waals surface area contributed by atoms with E-state index in [1.165, 1.54) is 0 Å². The largest absolute Gasteiger partial charge is 0.433 e. The maximum Gasteiger partial charge on any atom is 0.433 e. The van der Waals surface area contributed by atoms with E-state index in [9.17, 15) is 44.6 Å². The van der Waals surface area contributed by atoms with E-state index in [1.54, 1.807) is 0 Å². The van der Waals surface area contributed by atoms with Gasteiger partial charge in [0.1, 0.15) is 11.5 Å². The molecule has 0 aliphatic heterocycles. The van der Waals surface area contributed by atoms with Gasteiger partial charge in [0, 0.05) is 11.1 Å². The second-order valence-corrected chi connectivity index (χ2v) is 7.06. The van der Waals surface area contributed by atoms with Crippen molar-refractivity contribution < 1.29 is 49.0 Å². The molecule has 0 saturated carbocycles. The summed E-state index contributed by atoms with van der Waals surface area (Å²) in [6.07, 6.45) is -16.5. The number of nitrogens with zero attached hydrogens (tertiary/aromatic N) is 1. The SMILES string of the molecule is OCc1c(C(F)(F)F)nc(C(F)F)c(C(F)c2ccc(C(F)(F)F)cc2)c1-c1ccc(F)cc1. The molecule has 1 N–H and O–H groups in total. The van der Waals surface area contributed by atoms with Crippen LogP contribution in [0, 0.1) is 5.82 Å². The van der Waals surface area contributed by atoms with E-state index in [-0.39, 0.29) is 5.56 Å². The van der Waals surface area contributed by atoms with Crippen molar-refractivity contribution in [1.82, 2.24) is 4.98 Å². The van der Waals surface area contributed by atoms with E-state index in [2.05, 4.69) is 4.98 Å². The molecule has 2 aromatic carbocycles. The van der Waals surface area contributed by atoms with Crippen molar-refractivity contribution in [2.45, 2.75) is 31.6 Å². The second-order valence-electron chi connectivity index (χ2n) is 7.06. The van der Waals surface area contributed by atoms with Crippen molar-refractivity contribution in [3.63, 3.8) is 0 Å². The first-order valence-electron chi connectivity index (χ1n) is 9.35. The number of benzene rings is 2. The molecule has 12 heteroatoms. The predicted octanol–water partition coefficient (Wildman–Crippen LogP) is 7.41. The Morgan fingerprint density at radius 2 is 1.35 bits per heavy atom. The Kier molecular flexibility index (Phi) is 6.92. The summed E-state index contributed by atoms with van der Waals surface area (Å²) in [5.74, 6) is -0.838. The van der Waals surface area contributed by atoms with Gasteiger partial charge in [0.15, 0.2) is 11.9 Å². The third-order valence-corrected chi connectivity index (χ3v) is 4.92. The maximum absolute atomic E-state index is 15.6. The normalized spacial score (nSPS) is 13.4. The fourth-order valence-corrected chi connectivity index (χ4v) is 3.42. The van der Waals surface area contributed by atoms with Crippen molar-refractivity contribution >= 4 is 0 Å². The maximum atomic E-state index is 15.6. The van der Waals surface area contributed by atoms with E-state index < -0.39 is 76.6 Å². The summed E-state index contributed by atoms with van der Waals surface area (Å²) in [7, 11) is 0. The molecule has 0 bridgehead atoms. The van der Waals surface area contributed by atoms with Crippen LogP contribution in [0.5, 0.6) is 0 Å². The first kappa shape index (κ1) is 25.5. The zero-order valence-corrected chi connectivity index (χ0v) is 16.7. The lowest BCUT2D eigenvalue weighted by molar-refractivity contribution is -0.142. The number of hydrogen-bond donors (Lipinski definition) is 1. The Balaban J connectivity index is 2.37. The molecular weight excluding hydrogens is 484 g/mol. The fraction of sp³-hybridized carbons (Fsp3) is 0.227. The first-order chi connectivity index (χ1) is 15.8. The average molecular weight is 497 g/mol. The summed E-state index contributed by atoms with van der Waals surface area (Å²) in [4.78, 5) is 2.89. The molecule has 0 aliphatic carbocycles. The van der Waals surface area contributed by atoms with Crippen LogP contribution in [0.25, 0.3) is 11.1 Å². The van der Waals surface area contributed by atoms with Gasteiger partial charge >= 0.3 is 12.4 Å². The highest BCUT2D eigenvalue weighted by Crippen LogP contribution is 2.45. The van der Waals surface area contributed by atoms with Crippen LogP contribution in [-0.2, 0) is 19.0 Å². The van der Waals surface area contributed by atoms with E-state index in [4.69, 9.17) is 0 Å². The third kappa shape index (κ3) is 5.01. The van der Waals surface area contributed by atoms with Crippen molar-refractivity contribution in [2.24, 2.45) is 0 Å². The number of aliphatic hydroxyl groups excluding tert-OH is 1. The molecule has 0 radical (unpaired) electrons. The van der Waals surface area contributed by atoms with Crippen LogP contribution in [-0.4, -0.2) is 10.1 Å². The van der Waals surface area contributed by atoms with Crippen molar-refractivity contribution in [2.75, 3.05) is 0 Å². The Morgan fingerprint density at radius 1 is 0.794 bits per heavy atom. The highest BCUT2D eigenvalue weighted by atomic mass is 19.4. The van der Waals surface area contributed by atoms with Crippen LogP contribution in [0.4, 0.5) is 43.9 Å². The molecule has 1 heterocycles. The van der Waals surface area contributed by atoms with Gasteiger partial charge in [0.2, 0.25) is 0 Å². The zero-order chi connectivity index (χ0) is 25.4. The van der Waals surface area contributed by atoms with Crippen molar-refractivity contribution in [1.29, 1.82) is 0 Å². The predicted molar refractivity (Wildman–Crippen MR) is 99.9 cm³/mol. The molecule has 1 unspecified atom stereocenters. The fourth-order valence-electron chi connectivity index (χ4n) is 3.42. The summed E-state index contributed by atoms with van der Waals surface area (Å²) in [5, 5.41) is 9.66. The standard InChI is InChI=1S/C22H13F10NO/c23-13-7-3-10(4-8-13)15-14(9-34)19(22(30,31)32)33-18(20(25)26)16(15)17(24)11-1-5-12(6-2-11)21(27,28)29/h1-8,17,20,34H,9H2. The molecule has 0 amide bonds. The lowest BCUT2D eigenvalue weighted by atomic mass is 9.87. The lowest BCUT2D eigenvalue weighted by Gasteiger charge is -2.24. The molecule has 0 saturated heterocycles. The van der Waals surface area contributed by atoms with E-state index in [0.29, 0.717) is 24.3 Å². The number of rotatable bonds is 5. The molecular formula is C22H13F10NO. The van der Waals surface area contributed by atoms with Crippen molar-refractivity contribution in [3.05, 3.63) is 88.0 Å². The Bertz CT molecular complexity index is 1150. The van der Waals surface area contributed by atoms with Gasteiger partial charge in [-0.25, -0.2) is 22.5 Å². The lowest BCUT2D eigenvalue weighted by Crippen LogP contribution is -2.19. The van der Waals surface area contributed by atoms with Crippen LogP contribution >= 0.6 is 0 Å². The molecule has 34 heavy (non-hydrogen) atoms. The van der Waals surface area contributed by atoms with Gasteiger partial charge in [-0.15, -0.1) is 0 Å². The minimum Gasteiger partial charge on any atom is -0.392 e. The molecule has 0 spiro atoms. The topological polar surface area (TPSA) is 33.1 Å². The van der Waals surface area contributed by atoms with Crippen molar-refractivity contribution in [3.8, 4) is 11.1 Å². The number of pyridine rings is 1. The minimum atomic E-state index is -5.32. The van der Waals surface area contributed by atoms with Gasteiger partial charge in [-0.3, -0.25) is 0 Å². The Hall–Kier alpha value is -3.15. The molecule has 182 valence electrons. The van der Waals surface area contributed by atoms with Gasteiger partial charge in [-0.1, -0.05) is 24.3 Å². The van der Waals surface area contributed by atoms with E-state index in [1.807, 2.05) is 0 Å². The molecule has 0 fully saturated rings. The molecule has 3 rings (SSSR count). The summed E-state index contributed by atoms with van der Waals surface area (Å²) < 4.78 is 136. The van der Waals surface area contributed by atoms with E-state index >= 15 is 4.39 Å². The van der Waals surface area contributed by atoms with Gasteiger partial charge in [0.25, 0.3) is 6.43 Å². The van der Waals surface area contributed by atoms with Crippen LogP contribution in [0.15, 0.2) is 48.5 Å². The van der Waals surface area contributed by atoms with Crippen LogP contribution in [0.3, 0.4) is 0 Å². The molecule has 3 aromatic rings. The number of hydrogen-bond acceptors (Lipinski definition) is 2. The third-order valence-electron chi connectivity index (χ3n) is 4.92. The molecule has 2 nitrogen and oxygen atoms in total. The number of aromatic nitrogens is 1. The first-order valence-corrected chi connectivity index (χ1v) is 9.35. The van der Waals surface area contributed by atoms with Gasteiger partial charge in [-0.2, -0.15) is 26.3 Å². The summed E-state index contributed by atoms with van der Waals surface area (Å²) >= 11 is 0. The Morgan fingerprint density at radius 3 is 1.79 bits per heavy atom.